The second-order valence-electron chi connectivity index (χ2n) is 3.96. The number of nitriles is 1. The summed E-state index contributed by atoms with van der Waals surface area (Å²) in [6, 6.07) is 10.9. The van der Waals surface area contributed by atoms with Gasteiger partial charge in [0.1, 0.15) is 0 Å². The Morgan fingerprint density at radius 1 is 1.12 bits per heavy atom. The lowest BCUT2D eigenvalue weighted by atomic mass is 10.1. The molecule has 1 N–H and O–H groups in total. The van der Waals surface area contributed by atoms with Crippen LogP contribution in [0.15, 0.2) is 24.3 Å². The molecule has 0 fully saturated rings. The van der Waals surface area contributed by atoms with Gasteiger partial charge in [-0.3, -0.25) is 0 Å². The molecule has 1 aromatic carbocycles. The summed E-state index contributed by atoms with van der Waals surface area (Å²) in [4.78, 5) is 0. The van der Waals surface area contributed by atoms with Crippen LogP contribution in [-0.2, 0) is 13.0 Å². The molecule has 0 bridgehead atoms. The monoisotopic (exact) mass is 216 g/mol. The van der Waals surface area contributed by atoms with Crippen LogP contribution < -0.4 is 5.32 Å². The van der Waals surface area contributed by atoms with Crippen molar-refractivity contribution in [2.45, 2.75) is 39.2 Å². The Morgan fingerprint density at radius 2 is 1.81 bits per heavy atom. The largest absolute Gasteiger partial charge is 0.313 e. The second-order valence-corrected chi connectivity index (χ2v) is 3.96. The first-order valence-corrected chi connectivity index (χ1v) is 6.02. The van der Waals surface area contributed by atoms with E-state index in [1.165, 1.54) is 11.1 Å². The Hall–Kier alpha value is -1.33. The van der Waals surface area contributed by atoms with Crippen molar-refractivity contribution in [1.29, 1.82) is 5.26 Å². The van der Waals surface area contributed by atoms with Crippen LogP contribution in [0.25, 0.3) is 0 Å². The maximum absolute atomic E-state index is 8.38. The Kier molecular flexibility index (Phi) is 6.29. The average molecular weight is 216 g/mol. The Morgan fingerprint density at radius 3 is 2.44 bits per heavy atom. The SMILES string of the molecule is CCc1ccc(CNCCCCC#N)cc1. The summed E-state index contributed by atoms with van der Waals surface area (Å²) in [7, 11) is 0. The number of benzene rings is 1. The highest BCUT2D eigenvalue weighted by atomic mass is 14.8. The summed E-state index contributed by atoms with van der Waals surface area (Å²) >= 11 is 0. The van der Waals surface area contributed by atoms with Gasteiger partial charge in [0, 0.05) is 13.0 Å². The molecule has 1 aromatic rings. The van der Waals surface area contributed by atoms with Crippen LogP contribution in [0.5, 0.6) is 0 Å². The van der Waals surface area contributed by atoms with E-state index >= 15 is 0 Å². The first-order chi connectivity index (χ1) is 7.86. The Bertz CT molecular complexity index is 322. The molecule has 0 unspecified atom stereocenters. The van der Waals surface area contributed by atoms with Crippen molar-refractivity contribution in [1.82, 2.24) is 5.32 Å². The molecule has 0 aliphatic carbocycles. The third-order valence-corrected chi connectivity index (χ3v) is 2.65. The van der Waals surface area contributed by atoms with Crippen molar-refractivity contribution in [3.05, 3.63) is 35.4 Å². The molecule has 0 saturated carbocycles. The van der Waals surface area contributed by atoms with Crippen molar-refractivity contribution < 1.29 is 0 Å². The highest BCUT2D eigenvalue weighted by Gasteiger charge is 1.93. The number of hydrogen-bond donors (Lipinski definition) is 1. The van der Waals surface area contributed by atoms with E-state index in [9.17, 15) is 0 Å². The standard InChI is InChI=1S/C14H20N2/c1-2-13-6-8-14(9-7-13)12-16-11-5-3-4-10-15/h6-9,16H,2-5,11-12H2,1H3. The fourth-order valence-electron chi connectivity index (χ4n) is 1.58. The van der Waals surface area contributed by atoms with Crippen LogP contribution in [0.3, 0.4) is 0 Å². The van der Waals surface area contributed by atoms with E-state index in [0.29, 0.717) is 6.42 Å². The number of hydrogen-bond acceptors (Lipinski definition) is 2. The number of nitrogens with zero attached hydrogens (tertiary/aromatic N) is 1. The molecule has 1 rings (SSSR count). The minimum absolute atomic E-state index is 0.673. The highest BCUT2D eigenvalue weighted by molar-refractivity contribution is 5.22. The minimum atomic E-state index is 0.673. The summed E-state index contributed by atoms with van der Waals surface area (Å²) in [6.07, 6.45) is 3.85. The summed E-state index contributed by atoms with van der Waals surface area (Å²) in [5.41, 5.74) is 2.72. The maximum atomic E-state index is 8.38. The van der Waals surface area contributed by atoms with Crippen LogP contribution in [0.4, 0.5) is 0 Å². The molecular formula is C14H20N2. The smallest absolute Gasteiger partial charge is 0.0621 e. The average Bonchev–Trinajstić information content (AvgIpc) is 2.34. The molecule has 16 heavy (non-hydrogen) atoms. The van der Waals surface area contributed by atoms with Gasteiger partial charge >= 0.3 is 0 Å². The number of nitrogens with one attached hydrogen (secondary N) is 1. The topological polar surface area (TPSA) is 35.8 Å². The predicted molar refractivity (Wildman–Crippen MR) is 67.0 cm³/mol. The molecule has 0 heterocycles. The van der Waals surface area contributed by atoms with Gasteiger partial charge < -0.3 is 5.32 Å². The van der Waals surface area contributed by atoms with Crippen LogP contribution in [0, 0.1) is 11.3 Å². The summed E-state index contributed by atoms with van der Waals surface area (Å²) < 4.78 is 0. The lowest BCUT2D eigenvalue weighted by Crippen LogP contribution is -2.14. The molecule has 0 aliphatic heterocycles. The third kappa shape index (κ3) is 4.95. The molecule has 2 nitrogen and oxygen atoms in total. The van der Waals surface area contributed by atoms with Gasteiger partial charge in [-0.1, -0.05) is 31.2 Å². The van der Waals surface area contributed by atoms with Gasteiger partial charge in [0.25, 0.3) is 0 Å². The molecule has 0 amide bonds. The third-order valence-electron chi connectivity index (χ3n) is 2.65. The van der Waals surface area contributed by atoms with E-state index in [0.717, 1.165) is 32.4 Å². The predicted octanol–water partition coefficient (Wildman–Crippen LogP) is 3.03. The van der Waals surface area contributed by atoms with Crippen LogP contribution in [-0.4, -0.2) is 6.54 Å². The summed E-state index contributed by atoms with van der Waals surface area (Å²) in [5, 5.41) is 11.8. The first kappa shape index (κ1) is 12.7. The van der Waals surface area contributed by atoms with E-state index in [1.807, 2.05) is 0 Å². The summed E-state index contributed by atoms with van der Waals surface area (Å²) in [6.45, 7) is 4.09. The van der Waals surface area contributed by atoms with E-state index < -0.39 is 0 Å². The maximum Gasteiger partial charge on any atom is 0.0621 e. The van der Waals surface area contributed by atoms with Crippen molar-refractivity contribution in [2.24, 2.45) is 0 Å². The number of aryl methyl sites for hydroxylation is 1. The molecule has 0 aliphatic rings. The Balaban J connectivity index is 2.15. The lowest BCUT2D eigenvalue weighted by Gasteiger charge is -2.05. The zero-order valence-corrected chi connectivity index (χ0v) is 10.00. The van der Waals surface area contributed by atoms with Gasteiger partial charge in [0.2, 0.25) is 0 Å². The lowest BCUT2D eigenvalue weighted by molar-refractivity contribution is 0.628. The molecule has 86 valence electrons. The van der Waals surface area contributed by atoms with Crippen LogP contribution in [0.2, 0.25) is 0 Å². The highest BCUT2D eigenvalue weighted by Crippen LogP contribution is 2.04. The van der Waals surface area contributed by atoms with E-state index in [2.05, 4.69) is 42.6 Å². The van der Waals surface area contributed by atoms with Gasteiger partial charge in [-0.05, 0) is 36.9 Å². The number of rotatable bonds is 7. The molecule has 0 radical (unpaired) electrons. The molecule has 2 heteroatoms. The van der Waals surface area contributed by atoms with Gasteiger partial charge in [-0.2, -0.15) is 5.26 Å². The van der Waals surface area contributed by atoms with Crippen molar-refractivity contribution >= 4 is 0 Å². The van der Waals surface area contributed by atoms with Crippen molar-refractivity contribution in [2.75, 3.05) is 6.54 Å². The minimum Gasteiger partial charge on any atom is -0.313 e. The van der Waals surface area contributed by atoms with E-state index in [4.69, 9.17) is 5.26 Å². The van der Waals surface area contributed by atoms with Gasteiger partial charge in [-0.15, -0.1) is 0 Å². The molecule has 0 aromatic heterocycles. The van der Waals surface area contributed by atoms with E-state index in [-0.39, 0.29) is 0 Å². The molecule has 0 atom stereocenters. The first-order valence-electron chi connectivity index (χ1n) is 6.02. The zero-order chi connectivity index (χ0) is 11.6. The van der Waals surface area contributed by atoms with Gasteiger partial charge in [-0.25, -0.2) is 0 Å². The number of unbranched alkanes of at least 4 members (excludes halogenated alkanes) is 2. The molecule has 0 saturated heterocycles. The Labute approximate surface area is 98.3 Å². The summed E-state index contributed by atoms with van der Waals surface area (Å²) in [5.74, 6) is 0. The van der Waals surface area contributed by atoms with Crippen LogP contribution >= 0.6 is 0 Å². The molecule has 0 spiro atoms. The molecular weight excluding hydrogens is 196 g/mol. The van der Waals surface area contributed by atoms with Crippen LogP contribution in [0.1, 0.15) is 37.3 Å². The van der Waals surface area contributed by atoms with Gasteiger partial charge in [0.15, 0.2) is 0 Å². The fourth-order valence-corrected chi connectivity index (χ4v) is 1.58. The second kappa shape index (κ2) is 7.90. The van der Waals surface area contributed by atoms with E-state index in [1.54, 1.807) is 0 Å². The van der Waals surface area contributed by atoms with Gasteiger partial charge in [0.05, 0.1) is 6.07 Å². The van der Waals surface area contributed by atoms with Crippen molar-refractivity contribution in [3.8, 4) is 6.07 Å². The normalized spacial score (nSPS) is 10.0. The zero-order valence-electron chi connectivity index (χ0n) is 10.00. The fraction of sp³-hybridized carbons (Fsp3) is 0.500. The quantitative estimate of drug-likeness (QED) is 0.711. The van der Waals surface area contributed by atoms with Crippen molar-refractivity contribution in [3.63, 3.8) is 0 Å².